The number of dihydropyridines is 1. The highest BCUT2D eigenvalue weighted by Crippen LogP contribution is 2.23. The van der Waals surface area contributed by atoms with Gasteiger partial charge in [0.25, 0.3) is 5.91 Å². The first-order valence-electron chi connectivity index (χ1n) is 8.36. The van der Waals surface area contributed by atoms with Crippen LogP contribution in [0.5, 0.6) is 0 Å². The first-order valence-corrected chi connectivity index (χ1v) is 8.36. The Morgan fingerprint density at radius 1 is 1.50 bits per heavy atom. The van der Waals surface area contributed by atoms with E-state index in [1.54, 1.807) is 0 Å². The van der Waals surface area contributed by atoms with Gasteiger partial charge in [0, 0.05) is 18.1 Å². The van der Waals surface area contributed by atoms with E-state index in [1.165, 1.54) is 38.4 Å². The molecule has 0 fully saturated rings. The first-order chi connectivity index (χ1) is 13.0. The van der Waals surface area contributed by atoms with E-state index in [4.69, 9.17) is 22.5 Å². The van der Waals surface area contributed by atoms with E-state index in [0.29, 0.717) is 0 Å². The number of carbonyl (C=O) groups excluding carboxylic acids is 1. The molecule has 0 aromatic carbocycles. The van der Waals surface area contributed by atoms with Gasteiger partial charge >= 0.3 is 0 Å². The van der Waals surface area contributed by atoms with Crippen molar-refractivity contribution >= 4 is 23.5 Å². The Morgan fingerprint density at radius 3 is 2.71 bits per heavy atom. The molecule has 0 aliphatic carbocycles. The van der Waals surface area contributed by atoms with Crippen LogP contribution in [0.4, 0.5) is 10.1 Å². The molecule has 2 atom stereocenters. The summed E-state index contributed by atoms with van der Waals surface area (Å²) in [6.45, 7) is 2.22. The molecular weight excluding hydrogens is 365 g/mol. The molecule has 8 N–H and O–H groups in total. The average Bonchev–Trinajstić information content (AvgIpc) is 2.64. The minimum absolute atomic E-state index is 0.0321. The lowest BCUT2D eigenvalue weighted by molar-refractivity contribution is -0.00177. The van der Waals surface area contributed by atoms with Crippen LogP contribution in [0.25, 0.3) is 5.70 Å². The van der Waals surface area contributed by atoms with Gasteiger partial charge in [0.15, 0.2) is 0 Å². The van der Waals surface area contributed by atoms with Crippen LogP contribution in [-0.4, -0.2) is 40.5 Å². The fourth-order valence-electron chi connectivity index (χ4n) is 2.30. The van der Waals surface area contributed by atoms with Crippen LogP contribution >= 0.6 is 0 Å². The number of alkyl halides is 1. The number of nitrogens with zero attached hydrogens (tertiary/aromatic N) is 3. The summed E-state index contributed by atoms with van der Waals surface area (Å²) in [6.07, 6.45) is 2.47. The van der Waals surface area contributed by atoms with Crippen LogP contribution in [0.15, 0.2) is 34.7 Å². The summed E-state index contributed by atoms with van der Waals surface area (Å²) >= 11 is 0. The Hall–Kier alpha value is -3.45. The van der Waals surface area contributed by atoms with Crippen molar-refractivity contribution in [2.24, 2.45) is 22.4 Å². The fourth-order valence-corrected chi connectivity index (χ4v) is 2.30. The van der Waals surface area contributed by atoms with Crippen molar-refractivity contribution in [1.29, 1.82) is 5.26 Å². The van der Waals surface area contributed by atoms with Gasteiger partial charge in [-0.05, 0) is 26.0 Å². The van der Waals surface area contributed by atoms with Gasteiger partial charge in [-0.2, -0.15) is 5.26 Å². The standard InChI is InChI=1S/C18H22FN7O2/c1-18(2,28)14(19)8-26-17(27)10-7-24-13(4-11(10)21)15(23)16-12(22)3-9(5-20)6-25-16/h3-4,6-7,9,14,28H,8,22-23H2,1-2H3,(H2,21,24)(H,26,27)/b16-15+. The number of nitrogens with two attached hydrogens (primary N) is 3. The zero-order valence-electron chi connectivity index (χ0n) is 15.5. The van der Waals surface area contributed by atoms with Gasteiger partial charge in [0.05, 0.1) is 40.9 Å². The van der Waals surface area contributed by atoms with Crippen LogP contribution in [0.2, 0.25) is 0 Å². The first kappa shape index (κ1) is 20.9. The molecule has 0 saturated carbocycles. The number of nitrogen functional groups attached to an aromatic ring is 1. The van der Waals surface area contributed by atoms with Gasteiger partial charge in [-0.25, -0.2) is 4.39 Å². The average molecular weight is 387 g/mol. The fraction of sp³-hybridized carbons (Fsp3) is 0.333. The second kappa shape index (κ2) is 8.06. The number of nitriles is 1. The molecule has 0 spiro atoms. The molecule has 1 amide bonds. The molecule has 10 heteroatoms. The number of allylic oxidation sites excluding steroid dienone is 1. The van der Waals surface area contributed by atoms with Gasteiger partial charge in [0.1, 0.15) is 17.8 Å². The lowest BCUT2D eigenvalue weighted by Crippen LogP contribution is -2.42. The van der Waals surface area contributed by atoms with Crippen LogP contribution in [0, 0.1) is 17.2 Å². The van der Waals surface area contributed by atoms with Crippen LogP contribution in [0.1, 0.15) is 29.9 Å². The second-order valence-corrected chi connectivity index (χ2v) is 6.81. The highest BCUT2D eigenvalue weighted by molar-refractivity contribution is 5.99. The minimum Gasteiger partial charge on any atom is -0.398 e. The molecule has 1 aliphatic rings. The summed E-state index contributed by atoms with van der Waals surface area (Å²) in [7, 11) is 0. The number of nitrogens with one attached hydrogen (secondary N) is 1. The normalized spacial score (nSPS) is 19.4. The van der Waals surface area contributed by atoms with Gasteiger partial charge in [-0.1, -0.05) is 0 Å². The van der Waals surface area contributed by atoms with E-state index < -0.39 is 23.6 Å². The largest absolute Gasteiger partial charge is 0.398 e. The molecule has 1 aromatic rings. The maximum absolute atomic E-state index is 13.8. The van der Waals surface area contributed by atoms with Crippen molar-refractivity contribution in [2.75, 3.05) is 12.3 Å². The number of rotatable bonds is 5. The molecule has 28 heavy (non-hydrogen) atoms. The number of hydrogen-bond donors (Lipinski definition) is 5. The summed E-state index contributed by atoms with van der Waals surface area (Å²) in [5.74, 6) is -1.18. The highest BCUT2D eigenvalue weighted by Gasteiger charge is 2.27. The maximum Gasteiger partial charge on any atom is 0.255 e. The molecule has 2 unspecified atom stereocenters. The molecule has 148 valence electrons. The zero-order chi connectivity index (χ0) is 21.1. The maximum atomic E-state index is 13.8. The van der Waals surface area contributed by atoms with Crippen molar-refractivity contribution in [3.05, 3.63) is 41.0 Å². The van der Waals surface area contributed by atoms with E-state index in [1.807, 2.05) is 6.07 Å². The molecule has 0 bridgehead atoms. The summed E-state index contributed by atoms with van der Waals surface area (Å²) in [4.78, 5) is 20.4. The topological polar surface area (TPSA) is 176 Å². The van der Waals surface area contributed by atoms with Crippen LogP contribution in [0.3, 0.4) is 0 Å². The number of aliphatic hydroxyl groups is 1. The predicted octanol–water partition coefficient (Wildman–Crippen LogP) is 0.197. The minimum atomic E-state index is -1.65. The zero-order valence-corrected chi connectivity index (χ0v) is 15.5. The third-order valence-corrected chi connectivity index (χ3v) is 4.07. The van der Waals surface area contributed by atoms with Gasteiger partial charge < -0.3 is 27.6 Å². The Morgan fingerprint density at radius 2 is 2.18 bits per heavy atom. The second-order valence-electron chi connectivity index (χ2n) is 6.81. The molecule has 2 rings (SSSR count). The molecule has 9 nitrogen and oxygen atoms in total. The predicted molar refractivity (Wildman–Crippen MR) is 103 cm³/mol. The number of anilines is 1. The van der Waals surface area contributed by atoms with Crippen molar-refractivity contribution in [2.45, 2.75) is 25.6 Å². The smallest absolute Gasteiger partial charge is 0.255 e. The Balaban J connectivity index is 2.21. The molecule has 1 aliphatic heterocycles. The number of hydrogen-bond acceptors (Lipinski definition) is 8. The van der Waals surface area contributed by atoms with E-state index in [-0.39, 0.29) is 40.6 Å². The van der Waals surface area contributed by atoms with E-state index in [9.17, 15) is 14.3 Å². The van der Waals surface area contributed by atoms with Crippen molar-refractivity contribution < 1.29 is 14.3 Å². The number of amides is 1. The van der Waals surface area contributed by atoms with E-state index in [0.717, 1.165) is 0 Å². The SMILES string of the molecule is CC(C)(O)C(F)CNC(=O)c1cnc(/C(N)=C2\N=CC(C#N)C=C2N)cc1N. The molecule has 2 heterocycles. The third-order valence-electron chi connectivity index (χ3n) is 4.07. The van der Waals surface area contributed by atoms with Crippen molar-refractivity contribution in [3.8, 4) is 6.07 Å². The van der Waals surface area contributed by atoms with E-state index in [2.05, 4.69) is 15.3 Å². The Bertz CT molecular complexity index is 909. The van der Waals surface area contributed by atoms with Crippen LogP contribution in [-0.2, 0) is 0 Å². The van der Waals surface area contributed by atoms with Gasteiger partial charge in [-0.3, -0.25) is 14.8 Å². The Labute approximate surface area is 161 Å². The lowest BCUT2D eigenvalue weighted by Gasteiger charge is -2.22. The van der Waals surface area contributed by atoms with Gasteiger partial charge in [-0.15, -0.1) is 0 Å². The molecule has 1 aromatic heterocycles. The highest BCUT2D eigenvalue weighted by atomic mass is 19.1. The number of pyridine rings is 1. The Kier molecular flexibility index (Phi) is 6.00. The van der Waals surface area contributed by atoms with Crippen molar-refractivity contribution in [1.82, 2.24) is 10.3 Å². The number of aromatic nitrogens is 1. The summed E-state index contributed by atoms with van der Waals surface area (Å²) in [6, 6.07) is 3.37. The van der Waals surface area contributed by atoms with Crippen molar-refractivity contribution in [3.63, 3.8) is 0 Å². The van der Waals surface area contributed by atoms with E-state index >= 15 is 0 Å². The monoisotopic (exact) mass is 387 g/mol. The number of halogens is 1. The third kappa shape index (κ3) is 4.63. The molecule has 0 saturated heterocycles. The molecular formula is C18H22FN7O2. The summed E-state index contributed by atoms with van der Waals surface area (Å²) in [5, 5.41) is 20.8. The summed E-state index contributed by atoms with van der Waals surface area (Å²) in [5.41, 5.74) is 17.2. The summed E-state index contributed by atoms with van der Waals surface area (Å²) < 4.78 is 13.8. The number of carbonyl (C=O) groups is 1. The van der Waals surface area contributed by atoms with Crippen LogP contribution < -0.4 is 22.5 Å². The number of aliphatic imine (C=N–C) groups is 1. The lowest BCUT2D eigenvalue weighted by atomic mass is 10.0. The quantitative estimate of drug-likeness (QED) is 0.479. The molecule has 0 radical (unpaired) electrons. The van der Waals surface area contributed by atoms with Gasteiger partial charge in [0.2, 0.25) is 0 Å².